The summed E-state index contributed by atoms with van der Waals surface area (Å²) in [6, 6.07) is 7.42. The fraction of sp³-hybridized carbons (Fsp3) is 0.188. The van der Waals surface area contributed by atoms with Gasteiger partial charge >= 0.3 is 0 Å². The number of carbonyl (C=O) groups is 1. The standard InChI is InChI=1S/C16H15ClN2O5/c1-9-4-5-10(17)6-12(9)18-16(20)11-7-14(23-2)15(24-3)8-13(11)19(21)22/h4-8H,1-3H3,(H,18,20). The summed E-state index contributed by atoms with van der Waals surface area (Å²) < 4.78 is 10.1. The lowest BCUT2D eigenvalue weighted by Gasteiger charge is -2.12. The van der Waals surface area contributed by atoms with Crippen molar-refractivity contribution in [3.05, 3.63) is 56.6 Å². The van der Waals surface area contributed by atoms with E-state index in [2.05, 4.69) is 5.32 Å². The predicted molar refractivity (Wildman–Crippen MR) is 90.3 cm³/mol. The van der Waals surface area contributed by atoms with Crippen LogP contribution in [0.25, 0.3) is 0 Å². The van der Waals surface area contributed by atoms with Gasteiger partial charge < -0.3 is 14.8 Å². The molecule has 1 N–H and O–H groups in total. The van der Waals surface area contributed by atoms with Gasteiger partial charge in [-0.15, -0.1) is 0 Å². The number of hydrogen-bond donors (Lipinski definition) is 1. The van der Waals surface area contributed by atoms with E-state index in [9.17, 15) is 14.9 Å². The summed E-state index contributed by atoms with van der Waals surface area (Å²) in [7, 11) is 2.74. The molecule has 0 aromatic heterocycles. The summed E-state index contributed by atoms with van der Waals surface area (Å²) in [5.74, 6) is -0.260. The number of halogens is 1. The zero-order chi connectivity index (χ0) is 17.9. The lowest BCUT2D eigenvalue weighted by molar-refractivity contribution is -0.385. The number of nitro benzene ring substituents is 1. The normalized spacial score (nSPS) is 10.2. The summed E-state index contributed by atoms with van der Waals surface area (Å²) in [5.41, 5.74) is 0.717. The third-order valence-corrected chi connectivity index (χ3v) is 3.63. The average molecular weight is 351 g/mol. The Kier molecular flexibility index (Phi) is 5.25. The Hall–Kier alpha value is -2.80. The first-order valence-electron chi connectivity index (χ1n) is 6.85. The van der Waals surface area contributed by atoms with Crippen molar-refractivity contribution in [2.75, 3.05) is 19.5 Å². The van der Waals surface area contributed by atoms with E-state index in [0.717, 1.165) is 11.6 Å². The Labute approximate surface area is 143 Å². The molecule has 24 heavy (non-hydrogen) atoms. The molecule has 0 bridgehead atoms. The second-order valence-corrected chi connectivity index (χ2v) is 5.33. The maximum Gasteiger partial charge on any atom is 0.286 e. The van der Waals surface area contributed by atoms with Crippen molar-refractivity contribution in [1.82, 2.24) is 0 Å². The van der Waals surface area contributed by atoms with Gasteiger partial charge in [-0.05, 0) is 24.6 Å². The molecule has 0 heterocycles. The van der Waals surface area contributed by atoms with E-state index in [1.54, 1.807) is 25.1 Å². The minimum absolute atomic E-state index is 0.142. The van der Waals surface area contributed by atoms with Gasteiger partial charge in [-0.1, -0.05) is 17.7 Å². The number of nitrogens with one attached hydrogen (secondary N) is 1. The Morgan fingerprint density at radius 3 is 2.38 bits per heavy atom. The van der Waals surface area contributed by atoms with Crippen LogP contribution in [0.1, 0.15) is 15.9 Å². The number of ether oxygens (including phenoxy) is 2. The van der Waals surface area contributed by atoms with Gasteiger partial charge in [0.2, 0.25) is 0 Å². The fourth-order valence-electron chi connectivity index (χ4n) is 2.12. The molecule has 126 valence electrons. The molecule has 0 aliphatic carbocycles. The second kappa shape index (κ2) is 7.18. The van der Waals surface area contributed by atoms with Crippen LogP contribution >= 0.6 is 11.6 Å². The molecule has 7 nitrogen and oxygen atoms in total. The number of rotatable bonds is 5. The summed E-state index contributed by atoms with van der Waals surface area (Å²) >= 11 is 5.92. The van der Waals surface area contributed by atoms with Crippen LogP contribution in [-0.4, -0.2) is 25.1 Å². The quantitative estimate of drug-likeness (QED) is 0.653. The van der Waals surface area contributed by atoms with Crippen molar-refractivity contribution in [3.8, 4) is 11.5 Å². The monoisotopic (exact) mass is 350 g/mol. The molecule has 2 aromatic carbocycles. The Bertz CT molecular complexity index is 807. The highest BCUT2D eigenvalue weighted by atomic mass is 35.5. The Morgan fingerprint density at radius 2 is 1.79 bits per heavy atom. The van der Waals surface area contributed by atoms with Crippen molar-refractivity contribution < 1.29 is 19.2 Å². The lowest BCUT2D eigenvalue weighted by atomic mass is 10.1. The van der Waals surface area contributed by atoms with E-state index in [1.165, 1.54) is 20.3 Å². The molecule has 0 radical (unpaired) electrons. The molecular formula is C16H15ClN2O5. The number of aryl methyl sites for hydroxylation is 1. The van der Waals surface area contributed by atoms with E-state index in [-0.39, 0.29) is 22.7 Å². The van der Waals surface area contributed by atoms with Crippen LogP contribution in [0.15, 0.2) is 30.3 Å². The van der Waals surface area contributed by atoms with E-state index >= 15 is 0 Å². The molecule has 0 fully saturated rings. The van der Waals surface area contributed by atoms with E-state index in [1.807, 2.05) is 0 Å². The number of hydrogen-bond acceptors (Lipinski definition) is 5. The molecule has 1 amide bonds. The van der Waals surface area contributed by atoms with Gasteiger partial charge in [0, 0.05) is 16.8 Å². The molecule has 0 saturated heterocycles. The van der Waals surface area contributed by atoms with E-state index < -0.39 is 10.8 Å². The van der Waals surface area contributed by atoms with Crippen molar-refractivity contribution in [2.24, 2.45) is 0 Å². The van der Waals surface area contributed by atoms with Crippen molar-refractivity contribution in [1.29, 1.82) is 0 Å². The summed E-state index contributed by atoms with van der Waals surface area (Å²) in [6.07, 6.45) is 0. The number of methoxy groups -OCH3 is 2. The molecule has 0 aliphatic rings. The fourth-order valence-corrected chi connectivity index (χ4v) is 2.29. The van der Waals surface area contributed by atoms with E-state index in [0.29, 0.717) is 10.7 Å². The van der Waals surface area contributed by atoms with Crippen LogP contribution in [0.2, 0.25) is 5.02 Å². The lowest BCUT2D eigenvalue weighted by Crippen LogP contribution is -2.15. The maximum atomic E-state index is 12.5. The molecule has 0 aliphatic heterocycles. The SMILES string of the molecule is COc1cc(C(=O)Nc2cc(Cl)ccc2C)c([N+](=O)[O-])cc1OC. The summed E-state index contributed by atoms with van der Waals surface area (Å²) in [5, 5.41) is 14.3. The van der Waals surface area contributed by atoms with Crippen LogP contribution in [0.4, 0.5) is 11.4 Å². The van der Waals surface area contributed by atoms with Gasteiger partial charge in [0.05, 0.1) is 25.2 Å². The molecule has 0 saturated carbocycles. The first kappa shape index (κ1) is 17.6. The van der Waals surface area contributed by atoms with Gasteiger partial charge in [0.15, 0.2) is 11.5 Å². The Balaban J connectivity index is 2.47. The zero-order valence-electron chi connectivity index (χ0n) is 13.3. The van der Waals surface area contributed by atoms with Crippen LogP contribution in [0.3, 0.4) is 0 Å². The van der Waals surface area contributed by atoms with Gasteiger partial charge in [0.1, 0.15) is 5.56 Å². The van der Waals surface area contributed by atoms with Crippen LogP contribution in [-0.2, 0) is 0 Å². The number of carbonyl (C=O) groups excluding carboxylic acids is 1. The minimum Gasteiger partial charge on any atom is -0.493 e. The molecular weight excluding hydrogens is 336 g/mol. The first-order valence-corrected chi connectivity index (χ1v) is 7.23. The van der Waals surface area contributed by atoms with Gasteiger partial charge in [-0.2, -0.15) is 0 Å². The van der Waals surface area contributed by atoms with Crippen LogP contribution in [0.5, 0.6) is 11.5 Å². The number of anilines is 1. The minimum atomic E-state index is -0.651. The topological polar surface area (TPSA) is 90.7 Å². The molecule has 2 aromatic rings. The average Bonchev–Trinajstić information content (AvgIpc) is 2.56. The third kappa shape index (κ3) is 3.57. The van der Waals surface area contributed by atoms with Gasteiger partial charge in [-0.25, -0.2) is 0 Å². The summed E-state index contributed by atoms with van der Waals surface area (Å²) in [6.45, 7) is 1.79. The number of nitrogens with zero attached hydrogens (tertiary/aromatic N) is 1. The predicted octanol–water partition coefficient (Wildman–Crippen LogP) is 3.83. The summed E-state index contributed by atoms with van der Waals surface area (Å²) in [4.78, 5) is 23.1. The third-order valence-electron chi connectivity index (χ3n) is 3.39. The molecule has 0 atom stereocenters. The Morgan fingerprint density at radius 1 is 1.17 bits per heavy atom. The highest BCUT2D eigenvalue weighted by Crippen LogP contribution is 2.35. The smallest absolute Gasteiger partial charge is 0.286 e. The van der Waals surface area contributed by atoms with Crippen molar-refractivity contribution in [2.45, 2.75) is 6.92 Å². The van der Waals surface area contributed by atoms with Crippen molar-refractivity contribution in [3.63, 3.8) is 0 Å². The second-order valence-electron chi connectivity index (χ2n) is 4.89. The largest absolute Gasteiger partial charge is 0.493 e. The molecule has 0 unspecified atom stereocenters. The van der Waals surface area contributed by atoms with Crippen LogP contribution in [0, 0.1) is 17.0 Å². The molecule has 0 spiro atoms. The van der Waals surface area contributed by atoms with Gasteiger partial charge in [0.25, 0.3) is 11.6 Å². The highest BCUT2D eigenvalue weighted by molar-refractivity contribution is 6.31. The van der Waals surface area contributed by atoms with Crippen LogP contribution < -0.4 is 14.8 Å². The molecule has 2 rings (SSSR count). The number of benzene rings is 2. The van der Waals surface area contributed by atoms with Gasteiger partial charge in [-0.3, -0.25) is 14.9 Å². The van der Waals surface area contributed by atoms with Crippen molar-refractivity contribution >= 4 is 28.9 Å². The van der Waals surface area contributed by atoms with E-state index in [4.69, 9.17) is 21.1 Å². The maximum absolute atomic E-state index is 12.5. The highest BCUT2D eigenvalue weighted by Gasteiger charge is 2.25. The first-order chi connectivity index (χ1) is 11.4. The zero-order valence-corrected chi connectivity index (χ0v) is 14.0. The number of amides is 1. The number of nitro groups is 1. The molecule has 8 heteroatoms.